The Bertz CT molecular complexity index is 957. The van der Waals surface area contributed by atoms with Crippen molar-refractivity contribution in [1.29, 1.82) is 0 Å². The summed E-state index contributed by atoms with van der Waals surface area (Å²) in [6.45, 7) is 17.5. The predicted molar refractivity (Wildman–Crippen MR) is 156 cm³/mol. The van der Waals surface area contributed by atoms with Gasteiger partial charge in [-0.15, -0.1) is 0 Å². The van der Waals surface area contributed by atoms with Gasteiger partial charge in [0.1, 0.15) is 0 Å². The van der Waals surface area contributed by atoms with Crippen LogP contribution in [0.15, 0.2) is 71.5 Å². The fourth-order valence-electron chi connectivity index (χ4n) is 5.32. The quantitative estimate of drug-likeness (QED) is 0.428. The predicted octanol–water partition coefficient (Wildman–Crippen LogP) is 9.91. The van der Waals surface area contributed by atoms with Crippen LogP contribution in [0.4, 0.5) is 11.4 Å². The lowest BCUT2D eigenvalue weighted by Gasteiger charge is -2.31. The first-order chi connectivity index (χ1) is 16.6. The van der Waals surface area contributed by atoms with Gasteiger partial charge in [0.15, 0.2) is 0 Å². The van der Waals surface area contributed by atoms with E-state index < -0.39 is 0 Å². The second-order valence-corrected chi connectivity index (χ2v) is 12.5. The first kappa shape index (κ1) is 27.4. The Morgan fingerprint density at radius 2 is 1.51 bits per heavy atom. The van der Waals surface area contributed by atoms with E-state index in [0.29, 0.717) is 22.7 Å². The Morgan fingerprint density at radius 1 is 0.886 bits per heavy atom. The molecular weight excluding hydrogens is 424 g/mol. The molecule has 2 heteroatoms. The van der Waals surface area contributed by atoms with E-state index in [9.17, 15) is 0 Å². The third-order valence-electron chi connectivity index (χ3n) is 7.95. The molecule has 0 radical (unpaired) electrons. The number of anilines is 2. The molecule has 1 aromatic carbocycles. The van der Waals surface area contributed by atoms with Gasteiger partial charge in [-0.05, 0) is 103 Å². The second-order valence-electron chi connectivity index (χ2n) is 12.5. The van der Waals surface area contributed by atoms with Crippen molar-refractivity contribution in [2.24, 2.45) is 22.7 Å². The van der Waals surface area contributed by atoms with Gasteiger partial charge >= 0.3 is 0 Å². The van der Waals surface area contributed by atoms with Crippen molar-refractivity contribution >= 4 is 11.4 Å². The highest BCUT2D eigenvalue weighted by atomic mass is 14.9. The van der Waals surface area contributed by atoms with Crippen LogP contribution in [0.1, 0.15) is 93.4 Å². The summed E-state index contributed by atoms with van der Waals surface area (Å²) in [6, 6.07) is 8.71. The van der Waals surface area contributed by atoms with E-state index in [-0.39, 0.29) is 0 Å². The van der Waals surface area contributed by atoms with Gasteiger partial charge in [0, 0.05) is 23.6 Å². The van der Waals surface area contributed by atoms with Gasteiger partial charge < -0.3 is 10.6 Å². The highest BCUT2D eigenvalue weighted by molar-refractivity contribution is 5.60. The molecule has 1 fully saturated rings. The van der Waals surface area contributed by atoms with Crippen molar-refractivity contribution in [1.82, 2.24) is 0 Å². The molecule has 1 aromatic rings. The molecule has 2 atom stereocenters. The van der Waals surface area contributed by atoms with Crippen LogP contribution in [-0.4, -0.2) is 6.54 Å². The van der Waals surface area contributed by atoms with Crippen LogP contribution in [0.3, 0.4) is 0 Å². The Morgan fingerprint density at radius 3 is 2.20 bits per heavy atom. The number of hydrogen-bond acceptors (Lipinski definition) is 2. The van der Waals surface area contributed by atoms with Gasteiger partial charge in [-0.3, -0.25) is 0 Å². The van der Waals surface area contributed by atoms with Crippen molar-refractivity contribution in [2.75, 3.05) is 17.2 Å². The number of rotatable bonds is 6. The Hall–Kier alpha value is -2.22. The molecule has 1 saturated carbocycles. The first-order valence-corrected chi connectivity index (χ1v) is 14.0. The molecule has 192 valence electrons. The highest BCUT2D eigenvalue weighted by Gasteiger charge is 2.25. The third-order valence-corrected chi connectivity index (χ3v) is 7.95. The molecule has 35 heavy (non-hydrogen) atoms. The summed E-state index contributed by atoms with van der Waals surface area (Å²) in [7, 11) is 0. The van der Waals surface area contributed by atoms with E-state index in [2.05, 4.69) is 114 Å². The minimum atomic E-state index is 0.325. The van der Waals surface area contributed by atoms with Gasteiger partial charge in [0.05, 0.1) is 0 Å². The Labute approximate surface area is 216 Å². The Kier molecular flexibility index (Phi) is 9.50. The molecule has 0 saturated heterocycles. The zero-order chi connectivity index (χ0) is 25.5. The van der Waals surface area contributed by atoms with Crippen LogP contribution in [0.25, 0.3) is 0 Å². The molecule has 2 nitrogen and oxygen atoms in total. The largest absolute Gasteiger partial charge is 0.381 e. The van der Waals surface area contributed by atoms with Gasteiger partial charge in [-0.1, -0.05) is 78.8 Å². The minimum Gasteiger partial charge on any atom is -0.381 e. The average Bonchev–Trinajstić information content (AvgIpc) is 2.80. The summed E-state index contributed by atoms with van der Waals surface area (Å²) in [5, 5.41) is 7.34. The molecule has 0 aromatic heterocycles. The molecule has 0 bridgehead atoms. The first-order valence-electron chi connectivity index (χ1n) is 14.0. The van der Waals surface area contributed by atoms with Crippen LogP contribution < -0.4 is 10.6 Å². The maximum atomic E-state index is 3.69. The topological polar surface area (TPSA) is 24.1 Å². The lowest BCUT2D eigenvalue weighted by molar-refractivity contribution is 0.241. The highest BCUT2D eigenvalue weighted by Crippen LogP contribution is 2.38. The molecule has 3 rings (SSSR count). The van der Waals surface area contributed by atoms with Crippen molar-refractivity contribution < 1.29 is 0 Å². The second kappa shape index (κ2) is 12.2. The van der Waals surface area contributed by atoms with Crippen LogP contribution in [0.5, 0.6) is 0 Å². The van der Waals surface area contributed by atoms with E-state index in [0.717, 1.165) is 37.2 Å². The number of benzene rings is 1. The summed E-state index contributed by atoms with van der Waals surface area (Å²) < 4.78 is 0. The molecule has 0 spiro atoms. The van der Waals surface area contributed by atoms with E-state index >= 15 is 0 Å². The normalized spacial score (nSPS) is 29.3. The fourth-order valence-corrected chi connectivity index (χ4v) is 5.32. The lowest BCUT2D eigenvalue weighted by Crippen LogP contribution is -2.18. The number of hydrogen-bond donors (Lipinski definition) is 2. The van der Waals surface area contributed by atoms with Crippen molar-refractivity contribution in [3.8, 4) is 0 Å². The Balaban J connectivity index is 1.69. The summed E-state index contributed by atoms with van der Waals surface area (Å²) in [5.74, 6) is 1.33. The molecule has 0 aliphatic heterocycles. The van der Waals surface area contributed by atoms with Gasteiger partial charge in [0.25, 0.3) is 0 Å². The molecule has 0 amide bonds. The van der Waals surface area contributed by atoms with Gasteiger partial charge in [-0.25, -0.2) is 0 Å². The molecule has 0 heterocycles. The van der Waals surface area contributed by atoms with E-state index in [1.54, 1.807) is 11.1 Å². The van der Waals surface area contributed by atoms with E-state index in [1.807, 2.05) is 0 Å². The maximum Gasteiger partial charge on any atom is 0.0404 e. The summed E-state index contributed by atoms with van der Waals surface area (Å²) in [5.41, 5.74) is 7.31. The van der Waals surface area contributed by atoms with Gasteiger partial charge in [0.2, 0.25) is 0 Å². The van der Waals surface area contributed by atoms with Crippen molar-refractivity contribution in [3.63, 3.8) is 0 Å². The number of allylic oxidation sites excluding steroid dienone is 6. The SMILES string of the molecule is CC/C=C1\C(=C/CNc2cccc(NC3=C/CC(C)(C)CCC(C)(C)C/C=C\3)c2)C(C)CCC1C. The van der Waals surface area contributed by atoms with E-state index in [1.165, 1.54) is 31.4 Å². The molecule has 2 aliphatic rings. The summed E-state index contributed by atoms with van der Waals surface area (Å²) >= 11 is 0. The average molecular weight is 475 g/mol. The van der Waals surface area contributed by atoms with Crippen LogP contribution in [0, 0.1) is 22.7 Å². The fraction of sp³-hybridized carbons (Fsp3) is 0.576. The van der Waals surface area contributed by atoms with Crippen LogP contribution in [-0.2, 0) is 0 Å². The number of nitrogens with one attached hydrogen (secondary N) is 2. The third kappa shape index (κ3) is 8.44. The summed E-state index contributed by atoms with van der Waals surface area (Å²) in [6.07, 6.45) is 20.3. The zero-order valence-corrected chi connectivity index (χ0v) is 23.5. The van der Waals surface area contributed by atoms with E-state index in [4.69, 9.17) is 0 Å². The van der Waals surface area contributed by atoms with Crippen LogP contribution in [0.2, 0.25) is 0 Å². The van der Waals surface area contributed by atoms with Gasteiger partial charge in [-0.2, -0.15) is 0 Å². The molecular formula is C33H50N2. The minimum absolute atomic E-state index is 0.325. The van der Waals surface area contributed by atoms with Crippen molar-refractivity contribution in [2.45, 2.75) is 93.4 Å². The monoisotopic (exact) mass is 474 g/mol. The van der Waals surface area contributed by atoms with Crippen LogP contribution >= 0.6 is 0 Å². The molecule has 2 N–H and O–H groups in total. The molecule has 2 unspecified atom stereocenters. The molecule has 2 aliphatic carbocycles. The summed E-state index contributed by atoms with van der Waals surface area (Å²) in [4.78, 5) is 0. The lowest BCUT2D eigenvalue weighted by atomic mass is 9.75. The zero-order valence-electron chi connectivity index (χ0n) is 23.5. The standard InChI is InChI=1S/C33H50N2/c1-8-11-30-25(2)15-16-26(3)31(30)18-23-34-28-12-9-13-29(24-28)35-27-14-10-19-32(4,5)21-22-33(6,7)20-17-27/h9-14,17-18,24-26,34-35H,8,15-16,19-23H2,1-7H3/b14-10-,27-17+,30-11-,31-18-. The smallest absolute Gasteiger partial charge is 0.0404 e. The van der Waals surface area contributed by atoms with Crippen molar-refractivity contribution in [3.05, 3.63) is 71.5 Å². The maximum absolute atomic E-state index is 3.69.